The van der Waals surface area contributed by atoms with Gasteiger partial charge in [0.2, 0.25) is 5.89 Å². The molecule has 0 bridgehead atoms. The number of fused-ring (bicyclic) bond motifs is 2. The second kappa shape index (κ2) is 7.78. The van der Waals surface area contributed by atoms with Crippen LogP contribution in [-0.4, -0.2) is 18.0 Å². The molecule has 0 aliphatic rings. The van der Waals surface area contributed by atoms with Crippen LogP contribution in [0.5, 0.6) is 5.75 Å². The molecule has 0 saturated heterocycles. The molecule has 5 aromatic rings. The summed E-state index contributed by atoms with van der Waals surface area (Å²) >= 11 is 6.27. The quantitative estimate of drug-likeness (QED) is 0.352. The van der Waals surface area contributed by atoms with E-state index in [0.717, 1.165) is 22.1 Å². The van der Waals surface area contributed by atoms with E-state index >= 15 is 0 Å². The van der Waals surface area contributed by atoms with Crippen LogP contribution in [0.2, 0.25) is 5.02 Å². The second-order valence-corrected chi connectivity index (χ2v) is 7.43. The highest BCUT2D eigenvalue weighted by atomic mass is 35.5. The van der Waals surface area contributed by atoms with E-state index in [-0.39, 0.29) is 5.91 Å². The molecule has 152 valence electrons. The molecule has 0 radical (unpaired) electrons. The molecular weight excluding hydrogens is 412 g/mol. The minimum Gasteiger partial charge on any atom is -0.497 e. The van der Waals surface area contributed by atoms with Gasteiger partial charge in [0.1, 0.15) is 11.3 Å². The van der Waals surface area contributed by atoms with Gasteiger partial charge in [-0.3, -0.25) is 4.79 Å². The molecule has 0 atom stereocenters. The molecule has 0 aliphatic carbocycles. The maximum atomic E-state index is 13.0. The van der Waals surface area contributed by atoms with Crippen molar-refractivity contribution in [2.75, 3.05) is 12.4 Å². The first-order valence-corrected chi connectivity index (χ1v) is 10.0. The molecule has 31 heavy (non-hydrogen) atoms. The predicted molar refractivity (Wildman–Crippen MR) is 123 cm³/mol. The van der Waals surface area contributed by atoms with Gasteiger partial charge in [-0.05, 0) is 60.0 Å². The first-order valence-electron chi connectivity index (χ1n) is 9.66. The standard InChI is InChI=1S/C25H17ClN2O3/c1-30-17-11-8-15(9-12-17)25-28-22-14-16(10-13-23(22)31-25)27-24(29)20-6-2-5-19-18(20)4-3-7-21(19)26/h2-14H,1H3,(H,27,29). The van der Waals surface area contributed by atoms with Crippen LogP contribution in [0.25, 0.3) is 33.3 Å². The van der Waals surface area contributed by atoms with E-state index in [9.17, 15) is 4.79 Å². The van der Waals surface area contributed by atoms with Crippen LogP contribution in [0.3, 0.4) is 0 Å². The smallest absolute Gasteiger partial charge is 0.256 e. The van der Waals surface area contributed by atoms with E-state index in [1.807, 2.05) is 54.6 Å². The van der Waals surface area contributed by atoms with Crippen LogP contribution >= 0.6 is 11.6 Å². The maximum absolute atomic E-state index is 13.0. The number of benzene rings is 4. The zero-order valence-electron chi connectivity index (χ0n) is 16.6. The SMILES string of the molecule is COc1ccc(-c2nc3cc(NC(=O)c4cccc5c(Cl)cccc45)ccc3o2)cc1. The number of hydrogen-bond acceptors (Lipinski definition) is 4. The van der Waals surface area contributed by atoms with Crippen LogP contribution < -0.4 is 10.1 Å². The predicted octanol–water partition coefficient (Wildman–Crippen LogP) is 6.56. The zero-order valence-corrected chi connectivity index (χ0v) is 17.3. The van der Waals surface area contributed by atoms with E-state index in [4.69, 9.17) is 20.8 Å². The summed E-state index contributed by atoms with van der Waals surface area (Å²) in [6, 6.07) is 23.9. The van der Waals surface area contributed by atoms with E-state index < -0.39 is 0 Å². The van der Waals surface area contributed by atoms with E-state index in [2.05, 4.69) is 10.3 Å². The minimum atomic E-state index is -0.217. The number of hydrogen-bond donors (Lipinski definition) is 1. The fourth-order valence-corrected chi connectivity index (χ4v) is 3.77. The van der Waals surface area contributed by atoms with Crippen molar-refractivity contribution >= 4 is 45.1 Å². The number of aromatic nitrogens is 1. The Morgan fingerprint density at radius 3 is 2.55 bits per heavy atom. The molecule has 0 aliphatic heterocycles. The highest BCUT2D eigenvalue weighted by Gasteiger charge is 2.13. The van der Waals surface area contributed by atoms with E-state index in [1.54, 1.807) is 31.4 Å². The Morgan fingerprint density at radius 1 is 0.968 bits per heavy atom. The molecule has 0 saturated carbocycles. The number of amides is 1. The Hall–Kier alpha value is -3.83. The number of methoxy groups -OCH3 is 1. The van der Waals surface area contributed by atoms with E-state index in [0.29, 0.717) is 33.3 Å². The van der Waals surface area contributed by atoms with Gasteiger partial charge >= 0.3 is 0 Å². The molecule has 5 nitrogen and oxygen atoms in total. The largest absolute Gasteiger partial charge is 0.497 e. The lowest BCUT2D eigenvalue weighted by atomic mass is 10.0. The van der Waals surface area contributed by atoms with Crippen molar-refractivity contribution in [3.8, 4) is 17.2 Å². The van der Waals surface area contributed by atoms with Crippen LogP contribution in [-0.2, 0) is 0 Å². The van der Waals surface area contributed by atoms with Gasteiger partial charge in [0, 0.05) is 27.2 Å². The lowest BCUT2D eigenvalue weighted by Gasteiger charge is -2.09. The summed E-state index contributed by atoms with van der Waals surface area (Å²) in [7, 11) is 1.62. The molecule has 1 aromatic heterocycles. The molecule has 0 spiro atoms. The van der Waals surface area contributed by atoms with Crippen molar-refractivity contribution in [3.63, 3.8) is 0 Å². The molecule has 1 N–H and O–H groups in total. The monoisotopic (exact) mass is 428 g/mol. The molecule has 6 heteroatoms. The van der Waals surface area contributed by atoms with Gasteiger partial charge in [-0.1, -0.05) is 35.9 Å². The summed E-state index contributed by atoms with van der Waals surface area (Å²) in [4.78, 5) is 17.5. The zero-order chi connectivity index (χ0) is 21.4. The average Bonchev–Trinajstić information content (AvgIpc) is 3.22. The number of rotatable bonds is 4. The highest BCUT2D eigenvalue weighted by Crippen LogP contribution is 2.29. The van der Waals surface area contributed by atoms with E-state index in [1.165, 1.54) is 0 Å². The number of anilines is 1. The van der Waals surface area contributed by atoms with Gasteiger partial charge in [-0.2, -0.15) is 0 Å². The van der Waals surface area contributed by atoms with Gasteiger partial charge in [0.05, 0.1) is 7.11 Å². The molecule has 1 heterocycles. The minimum absolute atomic E-state index is 0.217. The van der Waals surface area contributed by atoms with Crippen LogP contribution in [0.15, 0.2) is 83.3 Å². The van der Waals surface area contributed by atoms with Crippen molar-refractivity contribution in [2.24, 2.45) is 0 Å². The van der Waals surface area contributed by atoms with Crippen LogP contribution in [0.1, 0.15) is 10.4 Å². The van der Waals surface area contributed by atoms with Gasteiger partial charge in [0.25, 0.3) is 5.91 Å². The van der Waals surface area contributed by atoms with Crippen molar-refractivity contribution < 1.29 is 13.9 Å². The molecule has 0 fully saturated rings. The molecule has 4 aromatic carbocycles. The normalized spacial score (nSPS) is 11.0. The topological polar surface area (TPSA) is 64.4 Å². The number of oxazole rings is 1. The lowest BCUT2D eigenvalue weighted by Crippen LogP contribution is -2.12. The number of nitrogens with one attached hydrogen (secondary N) is 1. The Kier molecular flexibility index (Phi) is 4.81. The van der Waals surface area contributed by atoms with Gasteiger partial charge in [0.15, 0.2) is 5.58 Å². The summed E-state index contributed by atoms with van der Waals surface area (Å²) in [5.41, 5.74) is 3.32. The third-order valence-electron chi connectivity index (χ3n) is 5.10. The van der Waals surface area contributed by atoms with Crippen molar-refractivity contribution in [2.45, 2.75) is 0 Å². The lowest BCUT2D eigenvalue weighted by molar-refractivity contribution is 0.102. The third-order valence-corrected chi connectivity index (χ3v) is 5.43. The van der Waals surface area contributed by atoms with Crippen LogP contribution in [0, 0.1) is 0 Å². The first-order chi connectivity index (χ1) is 15.1. The van der Waals surface area contributed by atoms with Gasteiger partial charge < -0.3 is 14.5 Å². The third kappa shape index (κ3) is 3.60. The summed E-state index contributed by atoms with van der Waals surface area (Å²) in [6.45, 7) is 0. The summed E-state index contributed by atoms with van der Waals surface area (Å²) in [5.74, 6) is 1.05. The highest BCUT2D eigenvalue weighted by molar-refractivity contribution is 6.36. The number of nitrogens with zero attached hydrogens (tertiary/aromatic N) is 1. The Bertz CT molecular complexity index is 1420. The molecule has 5 rings (SSSR count). The fraction of sp³-hybridized carbons (Fsp3) is 0.0400. The fourth-order valence-electron chi connectivity index (χ4n) is 3.53. The second-order valence-electron chi connectivity index (χ2n) is 7.02. The number of ether oxygens (including phenoxy) is 1. The molecule has 0 unspecified atom stereocenters. The Morgan fingerprint density at radius 2 is 1.74 bits per heavy atom. The van der Waals surface area contributed by atoms with Gasteiger partial charge in [-0.15, -0.1) is 0 Å². The summed E-state index contributed by atoms with van der Waals surface area (Å²) in [5, 5.41) is 5.20. The van der Waals surface area contributed by atoms with Crippen molar-refractivity contribution in [1.29, 1.82) is 0 Å². The Balaban J connectivity index is 1.44. The maximum Gasteiger partial charge on any atom is 0.256 e. The number of carbonyl (C=O) groups excluding carboxylic acids is 1. The first kappa shape index (κ1) is 19.2. The average molecular weight is 429 g/mol. The Labute approximate surface area is 183 Å². The van der Waals surface area contributed by atoms with Crippen molar-refractivity contribution in [3.05, 3.63) is 89.4 Å². The number of carbonyl (C=O) groups is 1. The van der Waals surface area contributed by atoms with Crippen molar-refractivity contribution in [1.82, 2.24) is 4.98 Å². The summed E-state index contributed by atoms with van der Waals surface area (Å²) in [6.07, 6.45) is 0. The number of halogens is 1. The van der Waals surface area contributed by atoms with Crippen LogP contribution in [0.4, 0.5) is 5.69 Å². The van der Waals surface area contributed by atoms with Gasteiger partial charge in [-0.25, -0.2) is 4.98 Å². The summed E-state index contributed by atoms with van der Waals surface area (Å²) < 4.78 is 11.1. The molecule has 1 amide bonds. The molecular formula is C25H17ClN2O3.